The maximum absolute atomic E-state index is 6.05. The molecule has 110 valence electrons. The monoisotopic (exact) mass is 347 g/mol. The molecule has 3 rings (SSSR count). The molecule has 1 aliphatic rings. The van der Waals surface area contributed by atoms with Crippen molar-refractivity contribution in [3.05, 3.63) is 45.8 Å². The third-order valence-electron chi connectivity index (χ3n) is 3.58. The average Bonchev–Trinajstić information content (AvgIpc) is 2.87. The number of hydrogen-bond acceptors (Lipinski definition) is 4. The van der Waals surface area contributed by atoms with Crippen LogP contribution >= 0.6 is 15.9 Å². The number of nitrogens with zero attached hydrogens (tertiary/aromatic N) is 2. The van der Waals surface area contributed by atoms with Gasteiger partial charge in [-0.3, -0.25) is 0 Å². The highest BCUT2D eigenvalue weighted by Gasteiger charge is 2.28. The fourth-order valence-corrected chi connectivity index (χ4v) is 2.93. The first kappa shape index (κ1) is 14.3. The number of benzene rings is 1. The molecule has 2 heterocycles. The normalized spacial score (nSPS) is 16.9. The topological polar surface area (TPSA) is 61.0 Å². The van der Waals surface area contributed by atoms with Crippen LogP contribution < -0.4 is 10.5 Å². The zero-order valence-corrected chi connectivity index (χ0v) is 13.7. The molecule has 1 unspecified atom stereocenters. The van der Waals surface area contributed by atoms with E-state index in [-0.39, 0.29) is 5.92 Å². The van der Waals surface area contributed by atoms with Crippen LogP contribution in [0.25, 0.3) is 0 Å². The lowest BCUT2D eigenvalue weighted by Gasteiger charge is -2.13. The number of nitrogen functional groups attached to an aromatic ring is 1. The SMILES string of the molecule is CC(C)Cc1nc(C2COc3ccccc32)nc(N)c1Br. The van der Waals surface area contributed by atoms with Crippen LogP contribution in [0.5, 0.6) is 5.75 Å². The van der Waals surface area contributed by atoms with E-state index in [1.165, 1.54) is 0 Å². The Morgan fingerprint density at radius 2 is 2.10 bits per heavy atom. The quantitative estimate of drug-likeness (QED) is 0.922. The second kappa shape index (κ2) is 5.64. The van der Waals surface area contributed by atoms with Crippen molar-refractivity contribution in [2.24, 2.45) is 5.92 Å². The number of ether oxygens (including phenoxy) is 1. The van der Waals surface area contributed by atoms with Crippen LogP contribution in [-0.2, 0) is 6.42 Å². The van der Waals surface area contributed by atoms with E-state index in [9.17, 15) is 0 Å². The van der Waals surface area contributed by atoms with Crippen molar-refractivity contribution in [2.45, 2.75) is 26.2 Å². The van der Waals surface area contributed by atoms with Crippen molar-refractivity contribution < 1.29 is 4.74 Å². The van der Waals surface area contributed by atoms with Gasteiger partial charge in [-0.05, 0) is 34.3 Å². The Bertz CT molecular complexity index is 673. The van der Waals surface area contributed by atoms with Gasteiger partial charge in [-0.25, -0.2) is 9.97 Å². The number of fused-ring (bicyclic) bond motifs is 1. The number of halogens is 1. The first-order valence-corrected chi connectivity index (χ1v) is 7.89. The van der Waals surface area contributed by atoms with Crippen LogP contribution in [0.3, 0.4) is 0 Å². The maximum Gasteiger partial charge on any atom is 0.142 e. The molecular weight excluding hydrogens is 330 g/mol. The Morgan fingerprint density at radius 3 is 2.86 bits per heavy atom. The van der Waals surface area contributed by atoms with Crippen molar-refractivity contribution >= 4 is 21.7 Å². The molecule has 1 aromatic heterocycles. The van der Waals surface area contributed by atoms with Crippen molar-refractivity contribution in [3.63, 3.8) is 0 Å². The van der Waals surface area contributed by atoms with Gasteiger partial charge in [0.05, 0.1) is 16.1 Å². The number of aromatic nitrogens is 2. The third kappa shape index (κ3) is 2.75. The first-order valence-electron chi connectivity index (χ1n) is 7.09. The second-order valence-corrected chi connectivity index (χ2v) is 6.52. The van der Waals surface area contributed by atoms with E-state index in [0.717, 1.165) is 33.7 Å². The van der Waals surface area contributed by atoms with E-state index in [1.54, 1.807) is 0 Å². The highest BCUT2D eigenvalue weighted by Crippen LogP contribution is 2.37. The molecule has 0 fully saturated rings. The summed E-state index contributed by atoms with van der Waals surface area (Å²) in [5, 5.41) is 0. The van der Waals surface area contributed by atoms with Crippen LogP contribution in [-0.4, -0.2) is 16.6 Å². The van der Waals surface area contributed by atoms with Gasteiger partial charge >= 0.3 is 0 Å². The second-order valence-electron chi connectivity index (χ2n) is 5.73. The minimum absolute atomic E-state index is 0.0579. The zero-order valence-electron chi connectivity index (χ0n) is 12.1. The van der Waals surface area contributed by atoms with E-state index < -0.39 is 0 Å². The summed E-state index contributed by atoms with van der Waals surface area (Å²) in [5.41, 5.74) is 8.15. The third-order valence-corrected chi connectivity index (χ3v) is 4.44. The zero-order chi connectivity index (χ0) is 15.0. The summed E-state index contributed by atoms with van der Waals surface area (Å²) < 4.78 is 6.54. The van der Waals surface area contributed by atoms with E-state index in [0.29, 0.717) is 18.3 Å². The van der Waals surface area contributed by atoms with E-state index in [2.05, 4.69) is 40.8 Å². The van der Waals surface area contributed by atoms with Crippen LogP contribution in [0.4, 0.5) is 5.82 Å². The molecule has 0 bridgehead atoms. The van der Waals surface area contributed by atoms with Gasteiger partial charge in [-0.1, -0.05) is 32.0 Å². The standard InChI is InChI=1S/C16H18BrN3O/c1-9(2)7-12-14(17)15(18)20-16(19-12)11-8-21-13-6-4-3-5-10(11)13/h3-6,9,11H,7-8H2,1-2H3,(H2,18,19,20). The summed E-state index contributed by atoms with van der Waals surface area (Å²) >= 11 is 3.50. The Hall–Kier alpha value is -1.62. The van der Waals surface area contributed by atoms with E-state index in [1.807, 2.05) is 18.2 Å². The molecule has 1 aliphatic heterocycles. The smallest absolute Gasteiger partial charge is 0.142 e. The predicted octanol–water partition coefficient (Wildman–Crippen LogP) is 3.54. The Kier molecular flexibility index (Phi) is 3.85. The molecule has 0 aliphatic carbocycles. The molecule has 0 amide bonds. The summed E-state index contributed by atoms with van der Waals surface area (Å²) in [4.78, 5) is 9.20. The minimum atomic E-state index is 0.0579. The van der Waals surface area contributed by atoms with Crippen LogP contribution in [0, 0.1) is 5.92 Å². The maximum atomic E-state index is 6.05. The Morgan fingerprint density at radius 1 is 1.33 bits per heavy atom. The van der Waals surface area contributed by atoms with Gasteiger partial charge in [-0.2, -0.15) is 0 Å². The van der Waals surface area contributed by atoms with Gasteiger partial charge in [0, 0.05) is 5.56 Å². The van der Waals surface area contributed by atoms with Gasteiger partial charge in [-0.15, -0.1) is 0 Å². The summed E-state index contributed by atoms with van der Waals surface area (Å²) in [6.07, 6.45) is 0.871. The Labute approximate surface area is 132 Å². The van der Waals surface area contributed by atoms with Crippen LogP contribution in [0.2, 0.25) is 0 Å². The summed E-state index contributed by atoms with van der Waals surface area (Å²) in [6, 6.07) is 8.03. The number of rotatable bonds is 3. The molecule has 1 aromatic carbocycles. The molecule has 0 spiro atoms. The number of nitrogens with two attached hydrogens (primary N) is 1. The van der Waals surface area contributed by atoms with Gasteiger partial charge in [0.25, 0.3) is 0 Å². The molecule has 2 aromatic rings. The highest BCUT2D eigenvalue weighted by atomic mass is 79.9. The van der Waals surface area contributed by atoms with Gasteiger partial charge in [0.1, 0.15) is 24.0 Å². The predicted molar refractivity (Wildman–Crippen MR) is 86.5 cm³/mol. The van der Waals surface area contributed by atoms with Crippen LogP contribution in [0.15, 0.2) is 28.7 Å². The lowest BCUT2D eigenvalue weighted by Crippen LogP contribution is -2.13. The average molecular weight is 348 g/mol. The molecule has 5 heteroatoms. The van der Waals surface area contributed by atoms with Crippen molar-refractivity contribution in [3.8, 4) is 5.75 Å². The molecule has 1 atom stereocenters. The molecule has 0 saturated carbocycles. The first-order chi connectivity index (χ1) is 10.1. The van der Waals surface area contributed by atoms with Crippen molar-refractivity contribution in [1.29, 1.82) is 0 Å². The highest BCUT2D eigenvalue weighted by molar-refractivity contribution is 9.10. The summed E-state index contributed by atoms with van der Waals surface area (Å²) in [5.74, 6) is 2.73. The van der Waals surface area contributed by atoms with Gasteiger partial charge in [0.2, 0.25) is 0 Å². The van der Waals surface area contributed by atoms with Crippen molar-refractivity contribution in [2.75, 3.05) is 12.3 Å². The number of anilines is 1. The van der Waals surface area contributed by atoms with Crippen molar-refractivity contribution in [1.82, 2.24) is 9.97 Å². The summed E-state index contributed by atoms with van der Waals surface area (Å²) in [6.45, 7) is 4.90. The van der Waals surface area contributed by atoms with E-state index in [4.69, 9.17) is 15.5 Å². The van der Waals surface area contributed by atoms with E-state index >= 15 is 0 Å². The summed E-state index contributed by atoms with van der Waals surface area (Å²) in [7, 11) is 0. The number of para-hydroxylation sites is 1. The molecule has 21 heavy (non-hydrogen) atoms. The number of hydrogen-bond donors (Lipinski definition) is 1. The minimum Gasteiger partial charge on any atom is -0.492 e. The van der Waals surface area contributed by atoms with Crippen LogP contribution in [0.1, 0.15) is 36.8 Å². The van der Waals surface area contributed by atoms with Gasteiger partial charge in [0.15, 0.2) is 0 Å². The molecule has 2 N–H and O–H groups in total. The fraction of sp³-hybridized carbons (Fsp3) is 0.375. The molecule has 0 radical (unpaired) electrons. The Balaban J connectivity index is 2.02. The molecule has 4 nitrogen and oxygen atoms in total. The molecule has 0 saturated heterocycles. The fourth-order valence-electron chi connectivity index (χ4n) is 2.59. The lowest BCUT2D eigenvalue weighted by atomic mass is 10.00. The lowest BCUT2D eigenvalue weighted by molar-refractivity contribution is 0.339. The largest absolute Gasteiger partial charge is 0.492 e. The van der Waals surface area contributed by atoms with Gasteiger partial charge < -0.3 is 10.5 Å². The molecular formula is C16H18BrN3O.